The highest BCUT2D eigenvalue weighted by Crippen LogP contribution is 2.49. The van der Waals surface area contributed by atoms with E-state index in [0.29, 0.717) is 19.6 Å². The van der Waals surface area contributed by atoms with Crippen molar-refractivity contribution in [3.8, 4) is 0 Å². The van der Waals surface area contributed by atoms with Crippen LogP contribution >= 0.6 is 12.4 Å². The average molecular weight is 377 g/mol. The van der Waals surface area contributed by atoms with Gasteiger partial charge in [0.25, 0.3) is 0 Å². The van der Waals surface area contributed by atoms with Crippen molar-refractivity contribution < 1.29 is 14.3 Å². The predicted molar refractivity (Wildman–Crippen MR) is 103 cm³/mol. The molecule has 0 spiro atoms. The molecule has 0 aliphatic heterocycles. The fourth-order valence-electron chi connectivity index (χ4n) is 4.11. The Balaban J connectivity index is 0.00000312. The molecule has 3 N–H and O–H groups in total. The van der Waals surface area contributed by atoms with Gasteiger partial charge in [0, 0.05) is 31.6 Å². The lowest BCUT2D eigenvalue weighted by Gasteiger charge is -2.57. The second kappa shape index (κ2) is 9.03. The van der Waals surface area contributed by atoms with Crippen LogP contribution in [0.4, 0.5) is 0 Å². The third-order valence-electron chi connectivity index (χ3n) is 6.18. The monoisotopic (exact) mass is 376 g/mol. The van der Waals surface area contributed by atoms with Gasteiger partial charge in [0.15, 0.2) is 0 Å². The molecule has 2 unspecified atom stereocenters. The van der Waals surface area contributed by atoms with Gasteiger partial charge in [-0.15, -0.1) is 12.4 Å². The molecule has 2 fully saturated rings. The summed E-state index contributed by atoms with van der Waals surface area (Å²) in [6.07, 6.45) is 7.29. The first-order valence-electron chi connectivity index (χ1n) is 9.64. The van der Waals surface area contributed by atoms with Crippen LogP contribution in [0.25, 0.3) is 0 Å². The van der Waals surface area contributed by atoms with E-state index in [1.165, 1.54) is 19.3 Å². The third-order valence-corrected chi connectivity index (χ3v) is 6.18. The molecule has 0 bridgehead atoms. The molecule has 2 rings (SSSR count). The summed E-state index contributed by atoms with van der Waals surface area (Å²) in [4.78, 5) is 12.8. The van der Waals surface area contributed by atoms with Crippen LogP contribution in [0.5, 0.6) is 0 Å². The van der Waals surface area contributed by atoms with Gasteiger partial charge in [-0.05, 0) is 26.2 Å². The van der Waals surface area contributed by atoms with E-state index in [0.717, 1.165) is 25.9 Å². The SMILES string of the molecule is CCCOC1(CNC(=O)C2(N)CC(OCC)C2(C)C)CCCCC1.Cl. The van der Waals surface area contributed by atoms with Crippen molar-refractivity contribution in [2.45, 2.75) is 89.9 Å². The van der Waals surface area contributed by atoms with Crippen LogP contribution in [-0.4, -0.2) is 42.9 Å². The smallest absolute Gasteiger partial charge is 0.240 e. The van der Waals surface area contributed by atoms with Crippen LogP contribution in [0.3, 0.4) is 0 Å². The maximum Gasteiger partial charge on any atom is 0.240 e. The highest BCUT2D eigenvalue weighted by molar-refractivity contribution is 5.88. The van der Waals surface area contributed by atoms with Crippen molar-refractivity contribution in [3.05, 3.63) is 0 Å². The van der Waals surface area contributed by atoms with E-state index in [2.05, 4.69) is 12.2 Å². The van der Waals surface area contributed by atoms with Crippen LogP contribution < -0.4 is 11.1 Å². The van der Waals surface area contributed by atoms with Gasteiger partial charge >= 0.3 is 0 Å². The summed E-state index contributed by atoms with van der Waals surface area (Å²) in [5, 5.41) is 3.12. The first-order valence-corrected chi connectivity index (χ1v) is 9.64. The minimum atomic E-state index is -0.854. The molecule has 1 amide bonds. The molecule has 0 heterocycles. The molecule has 6 heteroatoms. The highest BCUT2D eigenvalue weighted by atomic mass is 35.5. The van der Waals surface area contributed by atoms with E-state index in [1.807, 2.05) is 20.8 Å². The molecule has 2 atom stereocenters. The van der Waals surface area contributed by atoms with Gasteiger partial charge in [-0.3, -0.25) is 4.79 Å². The molecular formula is C19H37ClN2O3. The topological polar surface area (TPSA) is 73.6 Å². The van der Waals surface area contributed by atoms with Gasteiger partial charge in [-0.1, -0.05) is 40.0 Å². The maximum atomic E-state index is 12.8. The van der Waals surface area contributed by atoms with E-state index in [4.69, 9.17) is 15.2 Å². The molecule has 0 aromatic carbocycles. The van der Waals surface area contributed by atoms with E-state index in [9.17, 15) is 4.79 Å². The highest BCUT2D eigenvalue weighted by Gasteiger charge is 2.62. The van der Waals surface area contributed by atoms with Crippen molar-refractivity contribution in [3.63, 3.8) is 0 Å². The Morgan fingerprint density at radius 3 is 2.36 bits per heavy atom. The third kappa shape index (κ3) is 4.49. The van der Waals surface area contributed by atoms with Crippen LogP contribution in [0, 0.1) is 5.41 Å². The number of nitrogens with two attached hydrogens (primary N) is 1. The molecule has 0 aromatic heterocycles. The largest absolute Gasteiger partial charge is 0.378 e. The Morgan fingerprint density at radius 1 is 1.20 bits per heavy atom. The summed E-state index contributed by atoms with van der Waals surface area (Å²) in [6.45, 7) is 10.1. The molecular weight excluding hydrogens is 340 g/mol. The van der Waals surface area contributed by atoms with E-state index in [-0.39, 0.29) is 35.4 Å². The van der Waals surface area contributed by atoms with Gasteiger partial charge < -0.3 is 20.5 Å². The second-order valence-corrected chi connectivity index (χ2v) is 8.12. The number of carbonyl (C=O) groups is 1. The minimum absolute atomic E-state index is 0. The summed E-state index contributed by atoms with van der Waals surface area (Å²) in [5.74, 6) is -0.0616. The van der Waals surface area contributed by atoms with Crippen molar-refractivity contribution in [2.24, 2.45) is 11.1 Å². The summed E-state index contributed by atoms with van der Waals surface area (Å²) in [5.41, 5.74) is 5.07. The zero-order chi connectivity index (χ0) is 17.8. The lowest BCUT2D eigenvalue weighted by Crippen LogP contribution is -2.76. The van der Waals surface area contributed by atoms with E-state index >= 15 is 0 Å². The number of hydrogen-bond acceptors (Lipinski definition) is 4. The number of rotatable bonds is 8. The molecule has 0 aromatic rings. The molecule has 2 aliphatic carbocycles. The zero-order valence-corrected chi connectivity index (χ0v) is 17.2. The Labute approximate surface area is 159 Å². The minimum Gasteiger partial charge on any atom is -0.378 e. The molecule has 0 radical (unpaired) electrons. The van der Waals surface area contributed by atoms with Gasteiger partial charge in [-0.25, -0.2) is 0 Å². The Morgan fingerprint density at radius 2 is 1.84 bits per heavy atom. The summed E-state index contributed by atoms with van der Waals surface area (Å²) in [7, 11) is 0. The molecule has 2 saturated carbocycles. The molecule has 2 aliphatic rings. The zero-order valence-electron chi connectivity index (χ0n) is 16.4. The van der Waals surface area contributed by atoms with Gasteiger partial charge in [0.2, 0.25) is 5.91 Å². The fraction of sp³-hybridized carbons (Fsp3) is 0.947. The quantitative estimate of drug-likeness (QED) is 0.682. The molecule has 148 valence electrons. The van der Waals surface area contributed by atoms with Gasteiger partial charge in [0.1, 0.15) is 5.54 Å². The average Bonchev–Trinajstić information content (AvgIpc) is 2.58. The lowest BCUT2D eigenvalue weighted by molar-refractivity contribution is -0.172. The fourth-order valence-corrected chi connectivity index (χ4v) is 4.11. The van der Waals surface area contributed by atoms with Crippen molar-refractivity contribution in [1.82, 2.24) is 5.32 Å². The normalized spacial score (nSPS) is 30.0. The summed E-state index contributed by atoms with van der Waals surface area (Å²) < 4.78 is 11.9. The van der Waals surface area contributed by atoms with Crippen molar-refractivity contribution >= 4 is 18.3 Å². The van der Waals surface area contributed by atoms with Crippen LogP contribution in [0.2, 0.25) is 0 Å². The van der Waals surface area contributed by atoms with Crippen molar-refractivity contribution in [1.29, 1.82) is 0 Å². The van der Waals surface area contributed by atoms with Crippen LogP contribution in [0.1, 0.15) is 72.6 Å². The molecule has 5 nitrogen and oxygen atoms in total. The number of nitrogens with one attached hydrogen (secondary N) is 1. The number of carbonyl (C=O) groups excluding carboxylic acids is 1. The van der Waals surface area contributed by atoms with E-state index < -0.39 is 5.54 Å². The molecule has 25 heavy (non-hydrogen) atoms. The standard InChI is InChI=1S/C19H36N2O3.ClH/c1-5-12-24-18(10-8-7-9-11-18)14-21-16(22)19(20)13-15(23-6-2)17(19,3)4;/h15H,5-14,20H2,1-4H3,(H,21,22);1H. The first kappa shape index (κ1) is 22.7. The van der Waals surface area contributed by atoms with Crippen LogP contribution in [0.15, 0.2) is 0 Å². The number of ether oxygens (including phenoxy) is 2. The Kier molecular flexibility index (Phi) is 8.19. The predicted octanol–water partition coefficient (Wildman–Crippen LogP) is 3.19. The van der Waals surface area contributed by atoms with Gasteiger partial charge in [0.05, 0.1) is 11.7 Å². The van der Waals surface area contributed by atoms with E-state index in [1.54, 1.807) is 0 Å². The maximum absolute atomic E-state index is 12.8. The Hall–Kier alpha value is -0.360. The Bertz CT molecular complexity index is 438. The summed E-state index contributed by atoms with van der Waals surface area (Å²) in [6, 6.07) is 0. The number of amides is 1. The summed E-state index contributed by atoms with van der Waals surface area (Å²) >= 11 is 0. The van der Waals surface area contributed by atoms with Crippen LogP contribution in [-0.2, 0) is 14.3 Å². The second-order valence-electron chi connectivity index (χ2n) is 8.12. The number of hydrogen-bond donors (Lipinski definition) is 2. The molecule has 0 saturated heterocycles. The number of halogens is 1. The van der Waals surface area contributed by atoms with Gasteiger partial charge in [-0.2, -0.15) is 0 Å². The first-order chi connectivity index (χ1) is 11.3. The van der Waals surface area contributed by atoms with Crippen molar-refractivity contribution in [2.75, 3.05) is 19.8 Å². The lowest BCUT2D eigenvalue weighted by atomic mass is 9.54.